The maximum Gasteiger partial charge on any atom is 0.238 e. The van der Waals surface area contributed by atoms with Gasteiger partial charge in [-0.2, -0.15) is 9.97 Å². The van der Waals surface area contributed by atoms with E-state index in [2.05, 4.69) is 0 Å². The van der Waals surface area contributed by atoms with E-state index in [1.54, 1.807) is 0 Å². The summed E-state index contributed by atoms with van der Waals surface area (Å²) in [4.78, 5) is 14.7. The number of nitrogens with zero attached hydrogens (tertiary/aromatic N) is 4. The fraction of sp³-hybridized carbons (Fsp3) is 0. The van der Waals surface area contributed by atoms with Gasteiger partial charge in [-0.15, -0.1) is 0 Å². The zero-order valence-electron chi connectivity index (χ0n) is 34.5. The van der Waals surface area contributed by atoms with Crippen LogP contribution in [0.25, 0.3) is 106 Å². The molecule has 0 unspecified atom stereocenters. The lowest BCUT2D eigenvalue weighted by Crippen LogP contribution is -2.06. The highest BCUT2D eigenvalue weighted by Gasteiger charge is 2.22. The quantitative estimate of drug-likeness (QED) is 0.188. The van der Waals surface area contributed by atoms with Crippen molar-refractivity contribution in [3.8, 4) is 39.9 Å². The molecule has 0 saturated heterocycles. The largest absolute Gasteiger partial charge is 0.455 e. The van der Waals surface area contributed by atoms with E-state index < -0.39 is 48.3 Å². The average molecular weight is 663 g/mol. The van der Waals surface area contributed by atoms with Crippen molar-refractivity contribution in [2.24, 2.45) is 0 Å². The van der Waals surface area contributed by atoms with Crippen LogP contribution in [0.5, 0.6) is 0 Å². The summed E-state index contributed by atoms with van der Waals surface area (Å²) >= 11 is 0. The van der Waals surface area contributed by atoms with Crippen molar-refractivity contribution in [3.63, 3.8) is 0 Å². The number of hydrogen-bond donors (Lipinski definition) is 0. The van der Waals surface area contributed by atoms with Crippen LogP contribution >= 0.6 is 0 Å². The van der Waals surface area contributed by atoms with Gasteiger partial charge in [0.2, 0.25) is 5.95 Å². The van der Waals surface area contributed by atoms with Gasteiger partial charge < -0.3 is 8.83 Å². The third-order valence-corrected chi connectivity index (χ3v) is 9.35. The average Bonchev–Trinajstić information content (AvgIpc) is 3.97. The van der Waals surface area contributed by atoms with Crippen molar-refractivity contribution in [3.05, 3.63) is 158 Å². The summed E-state index contributed by atoms with van der Waals surface area (Å²) in [6.45, 7) is 0. The first-order chi connectivity index (χ1) is 28.6. The Bertz CT molecular complexity index is 3540. The molecule has 238 valence electrons. The van der Waals surface area contributed by atoms with E-state index in [1.807, 2.05) is 109 Å². The lowest BCUT2D eigenvalue weighted by atomic mass is 9.99. The standard InChI is InChI=1S/C45H26N4O2/c1-2-13-27(14-3-1)43-46-44(48-45(47-43)49-37-24-7-4-15-28(37)29-16-5-8-25-38(29)49)36-23-12-22-35-34-21-11-20-33(41(34)51-42(35)36)32-19-10-18-31-30-17-6-9-26-39(30)50-40(31)32/h1-26H/i4D,5D,7D,8D,15D,16D,24D,25D. The minimum absolute atomic E-state index is 0.0763. The molecule has 0 aliphatic rings. The Balaban J connectivity index is 1.22. The van der Waals surface area contributed by atoms with Gasteiger partial charge in [-0.05, 0) is 24.2 Å². The SMILES string of the molecule is [2H]c1c([2H])c([2H])c2c(c1[2H])c1c([2H])c([2H])c([2H])c([2H])c1n2-c1nc(-c2ccccc2)nc(-c2cccc3c2oc2c(-c4cccc5c4oc4ccccc45)cccc23)n1. The third-order valence-electron chi connectivity index (χ3n) is 9.35. The number of furan rings is 2. The molecule has 0 saturated carbocycles. The molecule has 0 atom stereocenters. The zero-order valence-corrected chi connectivity index (χ0v) is 26.5. The highest BCUT2D eigenvalue weighted by atomic mass is 16.3. The molecule has 0 amide bonds. The fourth-order valence-corrected chi connectivity index (χ4v) is 7.09. The van der Waals surface area contributed by atoms with Gasteiger partial charge in [-0.1, -0.05) is 133 Å². The van der Waals surface area contributed by atoms with E-state index in [1.165, 1.54) is 4.57 Å². The van der Waals surface area contributed by atoms with Gasteiger partial charge in [0, 0.05) is 49.0 Å². The van der Waals surface area contributed by atoms with Gasteiger partial charge in [-0.25, -0.2) is 4.98 Å². The Labute approximate surface area is 302 Å². The van der Waals surface area contributed by atoms with Gasteiger partial charge >= 0.3 is 0 Å². The number of fused-ring (bicyclic) bond motifs is 9. The highest BCUT2D eigenvalue weighted by molar-refractivity contribution is 6.16. The zero-order chi connectivity index (χ0) is 40.4. The second-order valence-electron chi connectivity index (χ2n) is 12.2. The maximum atomic E-state index is 9.05. The van der Waals surface area contributed by atoms with E-state index in [0.29, 0.717) is 22.3 Å². The fourth-order valence-electron chi connectivity index (χ4n) is 7.09. The molecule has 4 heterocycles. The number of rotatable bonds is 4. The summed E-state index contributed by atoms with van der Waals surface area (Å²) in [7, 11) is 0. The molecule has 11 aromatic rings. The van der Waals surface area contributed by atoms with Crippen molar-refractivity contribution in [2.75, 3.05) is 0 Å². The minimum atomic E-state index is -0.541. The Morgan fingerprint density at radius 2 is 0.961 bits per heavy atom. The first kappa shape index (κ1) is 21.1. The van der Waals surface area contributed by atoms with Gasteiger partial charge in [0.15, 0.2) is 11.6 Å². The molecule has 0 aliphatic carbocycles. The van der Waals surface area contributed by atoms with Gasteiger partial charge in [0.25, 0.3) is 0 Å². The van der Waals surface area contributed by atoms with Crippen LogP contribution in [0.15, 0.2) is 166 Å². The summed E-state index contributed by atoms with van der Waals surface area (Å²) in [5.41, 5.74) is 5.21. The van der Waals surface area contributed by atoms with Crippen LogP contribution in [-0.4, -0.2) is 19.5 Å². The number of aromatic nitrogens is 4. The molecule has 51 heavy (non-hydrogen) atoms. The van der Waals surface area contributed by atoms with Gasteiger partial charge in [0.05, 0.1) is 27.6 Å². The third kappa shape index (κ3) is 4.14. The minimum Gasteiger partial charge on any atom is -0.455 e. The predicted octanol–water partition coefficient (Wildman–Crippen LogP) is 11.8. The molecule has 0 spiro atoms. The van der Waals surface area contributed by atoms with Gasteiger partial charge in [-0.3, -0.25) is 4.57 Å². The highest BCUT2D eigenvalue weighted by Crippen LogP contribution is 2.43. The van der Waals surface area contributed by atoms with Crippen molar-refractivity contribution >= 4 is 65.7 Å². The van der Waals surface area contributed by atoms with E-state index in [0.717, 1.165) is 43.8 Å². The monoisotopic (exact) mass is 662 g/mol. The first-order valence-electron chi connectivity index (χ1n) is 20.3. The molecule has 0 bridgehead atoms. The van der Waals surface area contributed by atoms with E-state index >= 15 is 0 Å². The molecular weight excluding hydrogens is 629 g/mol. The second-order valence-corrected chi connectivity index (χ2v) is 12.2. The maximum absolute atomic E-state index is 9.05. The Morgan fingerprint density at radius 1 is 0.431 bits per heavy atom. The molecule has 0 fully saturated rings. The van der Waals surface area contributed by atoms with Crippen LogP contribution in [0.2, 0.25) is 0 Å². The lowest BCUT2D eigenvalue weighted by molar-refractivity contribution is 0.665. The summed E-state index contributed by atoms with van der Waals surface area (Å²) in [6.07, 6.45) is 0. The number of para-hydroxylation sites is 6. The van der Waals surface area contributed by atoms with E-state index in [-0.39, 0.29) is 39.4 Å². The topological polar surface area (TPSA) is 69.9 Å². The normalized spacial score (nSPS) is 14.1. The molecule has 0 aliphatic heterocycles. The van der Waals surface area contributed by atoms with Crippen molar-refractivity contribution in [1.29, 1.82) is 0 Å². The Hall–Kier alpha value is -7.05. The van der Waals surface area contributed by atoms with Crippen LogP contribution in [0, 0.1) is 0 Å². The second kappa shape index (κ2) is 10.7. The number of benzene rings is 7. The molecule has 7 aromatic carbocycles. The van der Waals surface area contributed by atoms with Crippen molar-refractivity contribution in [1.82, 2.24) is 19.5 Å². The van der Waals surface area contributed by atoms with Gasteiger partial charge in [0.1, 0.15) is 22.3 Å². The molecular formula is C45H26N4O2. The molecule has 0 radical (unpaired) electrons. The van der Waals surface area contributed by atoms with Crippen molar-refractivity contribution < 1.29 is 19.8 Å². The first-order valence-corrected chi connectivity index (χ1v) is 16.3. The van der Waals surface area contributed by atoms with Crippen LogP contribution in [0.4, 0.5) is 0 Å². The van der Waals surface area contributed by atoms with E-state index in [4.69, 9.17) is 34.8 Å². The molecule has 4 aromatic heterocycles. The van der Waals surface area contributed by atoms with Crippen LogP contribution in [0.1, 0.15) is 11.0 Å². The Kier molecular flexibility index (Phi) is 4.44. The summed E-state index contributed by atoms with van der Waals surface area (Å²) in [5.74, 6) is 0.262. The van der Waals surface area contributed by atoms with Crippen LogP contribution < -0.4 is 0 Å². The number of hydrogen-bond acceptors (Lipinski definition) is 5. The predicted molar refractivity (Wildman–Crippen MR) is 205 cm³/mol. The van der Waals surface area contributed by atoms with E-state index in [9.17, 15) is 0 Å². The van der Waals surface area contributed by atoms with Crippen LogP contribution in [-0.2, 0) is 0 Å². The molecule has 6 heteroatoms. The summed E-state index contributed by atoms with van der Waals surface area (Å²) < 4.78 is 84.6. The van der Waals surface area contributed by atoms with Crippen LogP contribution in [0.3, 0.4) is 0 Å². The summed E-state index contributed by atoms with van der Waals surface area (Å²) in [6, 6.07) is 30.7. The lowest BCUT2D eigenvalue weighted by Gasteiger charge is -2.11. The van der Waals surface area contributed by atoms with Crippen molar-refractivity contribution in [2.45, 2.75) is 0 Å². The Morgan fingerprint density at radius 3 is 1.67 bits per heavy atom. The molecule has 6 nitrogen and oxygen atoms in total. The summed E-state index contributed by atoms with van der Waals surface area (Å²) in [5, 5.41) is 3.48. The molecule has 0 N–H and O–H groups in total. The smallest absolute Gasteiger partial charge is 0.238 e. The molecule has 11 rings (SSSR count).